The molecule has 106 valence electrons. The lowest BCUT2D eigenvalue weighted by Crippen LogP contribution is -2.11. The van der Waals surface area contributed by atoms with Gasteiger partial charge in [0.1, 0.15) is 0 Å². The van der Waals surface area contributed by atoms with Crippen molar-refractivity contribution in [2.45, 2.75) is 37.8 Å². The van der Waals surface area contributed by atoms with Crippen LogP contribution in [0.3, 0.4) is 0 Å². The Morgan fingerprint density at radius 1 is 1.40 bits per heavy atom. The first-order valence-corrected chi connectivity index (χ1v) is 7.03. The monoisotopic (exact) mass is 291 g/mol. The number of aromatic nitrogens is 4. The average Bonchev–Trinajstić information content (AvgIpc) is 2.85. The minimum Gasteiger partial charge on any atom is -0.326 e. The summed E-state index contributed by atoms with van der Waals surface area (Å²) >= 11 is 4.16. The summed E-state index contributed by atoms with van der Waals surface area (Å²) in [6, 6.07) is 7.34. The van der Waals surface area contributed by atoms with Gasteiger partial charge in [0.05, 0.1) is 5.69 Å². The van der Waals surface area contributed by atoms with Gasteiger partial charge in [0.25, 0.3) is 0 Å². The summed E-state index contributed by atoms with van der Waals surface area (Å²) in [5.41, 5.74) is 1.48. The van der Waals surface area contributed by atoms with E-state index in [0.29, 0.717) is 11.6 Å². The van der Waals surface area contributed by atoms with Crippen LogP contribution < -0.4 is 5.32 Å². The van der Waals surface area contributed by atoms with Crippen LogP contribution in [0, 0.1) is 0 Å². The summed E-state index contributed by atoms with van der Waals surface area (Å²) in [4.78, 5) is 11.8. The number of hydrogen-bond donors (Lipinski definition) is 2. The number of amides is 1. The molecule has 6 nitrogen and oxygen atoms in total. The van der Waals surface area contributed by atoms with Crippen molar-refractivity contribution >= 4 is 24.2 Å². The van der Waals surface area contributed by atoms with E-state index in [9.17, 15) is 4.79 Å². The topological polar surface area (TPSA) is 72.7 Å². The highest BCUT2D eigenvalue weighted by Gasteiger charge is 2.06. The van der Waals surface area contributed by atoms with Gasteiger partial charge in [-0.1, -0.05) is 25.8 Å². The van der Waals surface area contributed by atoms with Crippen LogP contribution in [0.1, 0.15) is 32.6 Å². The standard InChI is InChI=1S/C13H17N5OS/c1-2-3-4-8-12(19)14-10-6-5-7-11(9-10)18-13(20)15-16-17-18/h5-7,9H,2-4,8H2,1H3,(H,14,19)(H,15,17,20). The summed E-state index contributed by atoms with van der Waals surface area (Å²) in [6.07, 6.45) is 3.63. The fourth-order valence-corrected chi connectivity index (χ4v) is 2.02. The fourth-order valence-electron chi connectivity index (χ4n) is 1.82. The molecule has 0 spiro atoms. The van der Waals surface area contributed by atoms with Crippen LogP contribution in [0.25, 0.3) is 5.69 Å². The van der Waals surface area contributed by atoms with E-state index in [4.69, 9.17) is 0 Å². The molecule has 0 aliphatic carbocycles. The van der Waals surface area contributed by atoms with Crippen LogP contribution >= 0.6 is 12.6 Å². The van der Waals surface area contributed by atoms with E-state index in [-0.39, 0.29) is 5.91 Å². The molecule has 0 aliphatic rings. The first-order valence-electron chi connectivity index (χ1n) is 6.58. The molecule has 1 heterocycles. The predicted octanol–water partition coefficient (Wildman–Crippen LogP) is 2.47. The van der Waals surface area contributed by atoms with Gasteiger partial charge in [-0.25, -0.2) is 0 Å². The number of carbonyl (C=O) groups is 1. The van der Waals surface area contributed by atoms with Gasteiger partial charge in [-0.15, -0.1) is 17.7 Å². The van der Waals surface area contributed by atoms with E-state index in [1.54, 1.807) is 0 Å². The number of benzene rings is 1. The Balaban J connectivity index is 2.03. The zero-order valence-electron chi connectivity index (χ0n) is 11.3. The molecule has 0 fully saturated rings. The van der Waals surface area contributed by atoms with Crippen molar-refractivity contribution in [3.8, 4) is 5.69 Å². The first kappa shape index (κ1) is 14.5. The minimum atomic E-state index is 0.0263. The number of thiol groups is 1. The molecule has 1 N–H and O–H groups in total. The van der Waals surface area contributed by atoms with Gasteiger partial charge in [-0.3, -0.25) is 4.79 Å². The normalized spacial score (nSPS) is 10.5. The van der Waals surface area contributed by atoms with Gasteiger partial charge in [0.2, 0.25) is 11.1 Å². The van der Waals surface area contributed by atoms with Gasteiger partial charge in [0.15, 0.2) is 0 Å². The van der Waals surface area contributed by atoms with E-state index in [1.165, 1.54) is 4.68 Å². The molecule has 1 amide bonds. The second-order valence-electron chi connectivity index (χ2n) is 4.45. The molecule has 1 aromatic carbocycles. The highest BCUT2D eigenvalue weighted by atomic mass is 32.1. The van der Waals surface area contributed by atoms with Gasteiger partial charge >= 0.3 is 0 Å². The van der Waals surface area contributed by atoms with E-state index in [1.807, 2.05) is 24.3 Å². The van der Waals surface area contributed by atoms with Crippen LogP contribution in [0.5, 0.6) is 0 Å². The number of unbranched alkanes of at least 4 members (excludes halogenated alkanes) is 2. The Labute approximate surface area is 123 Å². The molecule has 0 radical (unpaired) electrons. The molecule has 7 heteroatoms. The van der Waals surface area contributed by atoms with E-state index >= 15 is 0 Å². The van der Waals surface area contributed by atoms with Crippen LogP contribution in [0.15, 0.2) is 29.4 Å². The highest BCUT2D eigenvalue weighted by Crippen LogP contribution is 2.16. The zero-order chi connectivity index (χ0) is 14.4. The van der Waals surface area contributed by atoms with Crippen molar-refractivity contribution < 1.29 is 4.79 Å². The summed E-state index contributed by atoms with van der Waals surface area (Å²) in [7, 11) is 0. The molecule has 0 saturated heterocycles. The molecule has 1 aromatic heterocycles. The van der Waals surface area contributed by atoms with Crippen LogP contribution in [-0.4, -0.2) is 26.1 Å². The Bertz CT molecular complexity index is 584. The zero-order valence-corrected chi connectivity index (χ0v) is 12.2. The van der Waals surface area contributed by atoms with Crippen molar-refractivity contribution in [3.05, 3.63) is 24.3 Å². The summed E-state index contributed by atoms with van der Waals surface area (Å²) < 4.78 is 1.50. The second kappa shape index (κ2) is 7.04. The van der Waals surface area contributed by atoms with Crippen molar-refractivity contribution in [2.24, 2.45) is 0 Å². The number of nitrogens with zero attached hydrogens (tertiary/aromatic N) is 4. The number of tetrazole rings is 1. The van der Waals surface area contributed by atoms with Crippen LogP contribution in [0.2, 0.25) is 0 Å². The number of nitrogens with one attached hydrogen (secondary N) is 1. The third-order valence-electron chi connectivity index (χ3n) is 2.83. The van der Waals surface area contributed by atoms with Crippen molar-refractivity contribution in [3.63, 3.8) is 0 Å². The molecular formula is C13H17N5OS. The fraction of sp³-hybridized carbons (Fsp3) is 0.385. The Morgan fingerprint density at radius 2 is 2.25 bits per heavy atom. The summed E-state index contributed by atoms with van der Waals surface area (Å²) in [5, 5.41) is 14.4. The Hall–Kier alpha value is -1.89. The number of hydrogen-bond acceptors (Lipinski definition) is 5. The second-order valence-corrected chi connectivity index (χ2v) is 4.85. The lowest BCUT2D eigenvalue weighted by atomic mass is 10.2. The predicted molar refractivity (Wildman–Crippen MR) is 79.2 cm³/mol. The maximum absolute atomic E-state index is 11.8. The summed E-state index contributed by atoms with van der Waals surface area (Å²) in [5.74, 6) is 0.0263. The van der Waals surface area contributed by atoms with Crippen molar-refractivity contribution in [2.75, 3.05) is 5.32 Å². The molecule has 0 atom stereocenters. The van der Waals surface area contributed by atoms with Crippen LogP contribution in [0.4, 0.5) is 5.69 Å². The molecule has 0 saturated carbocycles. The molecule has 0 aliphatic heterocycles. The quantitative estimate of drug-likeness (QED) is 0.633. The molecule has 0 unspecified atom stereocenters. The maximum atomic E-state index is 11.8. The largest absolute Gasteiger partial charge is 0.326 e. The first-order chi connectivity index (χ1) is 9.70. The Kier molecular flexibility index (Phi) is 5.11. The lowest BCUT2D eigenvalue weighted by Gasteiger charge is -2.07. The van der Waals surface area contributed by atoms with Gasteiger partial charge in [-0.05, 0) is 35.0 Å². The van der Waals surface area contributed by atoms with E-state index in [2.05, 4.69) is 40.4 Å². The highest BCUT2D eigenvalue weighted by molar-refractivity contribution is 7.80. The average molecular weight is 291 g/mol. The third-order valence-corrected chi connectivity index (χ3v) is 3.11. The number of anilines is 1. The number of rotatable bonds is 6. The molecule has 20 heavy (non-hydrogen) atoms. The molecular weight excluding hydrogens is 274 g/mol. The van der Waals surface area contributed by atoms with Crippen molar-refractivity contribution in [1.29, 1.82) is 0 Å². The van der Waals surface area contributed by atoms with Crippen LogP contribution in [-0.2, 0) is 4.79 Å². The minimum absolute atomic E-state index is 0.0263. The third kappa shape index (κ3) is 3.80. The summed E-state index contributed by atoms with van der Waals surface area (Å²) in [6.45, 7) is 2.11. The number of carbonyl (C=O) groups excluding carboxylic acids is 1. The smallest absolute Gasteiger partial charge is 0.224 e. The van der Waals surface area contributed by atoms with Gasteiger partial charge in [0, 0.05) is 12.1 Å². The van der Waals surface area contributed by atoms with Gasteiger partial charge < -0.3 is 5.32 Å². The van der Waals surface area contributed by atoms with E-state index in [0.717, 1.165) is 30.6 Å². The van der Waals surface area contributed by atoms with Gasteiger partial charge in [-0.2, -0.15) is 4.68 Å². The maximum Gasteiger partial charge on any atom is 0.224 e. The SMILES string of the molecule is CCCCCC(=O)Nc1cccc(-n2nnnc2S)c1. The Morgan fingerprint density at radius 3 is 2.95 bits per heavy atom. The molecule has 0 bridgehead atoms. The van der Waals surface area contributed by atoms with E-state index < -0.39 is 0 Å². The molecule has 2 aromatic rings. The molecule has 2 rings (SSSR count). The lowest BCUT2D eigenvalue weighted by molar-refractivity contribution is -0.116. The van der Waals surface area contributed by atoms with Crippen molar-refractivity contribution in [1.82, 2.24) is 20.2 Å².